The summed E-state index contributed by atoms with van der Waals surface area (Å²) in [5.74, 6) is 3.08. The Morgan fingerprint density at radius 3 is 0.920 bits per heavy atom. The van der Waals surface area contributed by atoms with E-state index in [0.29, 0.717) is 92.0 Å². The number of anilines is 9. The van der Waals surface area contributed by atoms with E-state index in [1.807, 2.05) is 232 Å². The molecule has 18 heterocycles. The smallest absolute Gasteiger partial charge is 0.270 e. The number of carbonyl (C=O) groups excluding carboxylic acids is 4. The molecule has 1 saturated carbocycles. The number of likely N-dealkylation sites (tertiary alicyclic amines) is 2. The van der Waals surface area contributed by atoms with E-state index in [9.17, 15) is 19.2 Å². The highest BCUT2D eigenvalue weighted by Crippen LogP contribution is 2.33. The van der Waals surface area contributed by atoms with Crippen molar-refractivity contribution in [2.75, 3.05) is 131 Å². The average molecular weight is 1830 g/mol. The van der Waals surface area contributed by atoms with Crippen molar-refractivity contribution in [2.45, 2.75) is 69.9 Å². The average Bonchev–Trinajstić information content (AvgIpc) is 1.67. The first-order valence-electron chi connectivity index (χ1n) is 46.9. The van der Waals surface area contributed by atoms with Crippen LogP contribution in [0.3, 0.4) is 0 Å². The second kappa shape index (κ2) is 42.0. The van der Waals surface area contributed by atoms with Crippen molar-refractivity contribution in [1.82, 2.24) is 114 Å². The number of carbonyl (C=O) groups is 4. The molecule has 0 radical (unpaired) electrons. The van der Waals surface area contributed by atoms with Crippen molar-refractivity contribution < 1.29 is 23.9 Å². The van der Waals surface area contributed by atoms with Crippen molar-refractivity contribution in [1.29, 1.82) is 0 Å². The number of H-pyrrole nitrogens is 4. The summed E-state index contributed by atoms with van der Waals surface area (Å²) in [6.45, 7) is 12.8. The molecule has 13 aromatic heterocycles. The van der Waals surface area contributed by atoms with Crippen LogP contribution in [-0.4, -0.2) is 255 Å². The lowest BCUT2D eigenvalue weighted by Gasteiger charge is -2.40. The maximum Gasteiger partial charge on any atom is 0.270 e. The number of nitrogens with zero attached hydrogens (tertiary/aromatic N) is 20. The molecule has 0 atom stereocenters. The maximum absolute atomic E-state index is 13.2. The molecule has 4 amide bonds. The Kier molecular flexibility index (Phi) is 27.2. The molecule has 137 heavy (non-hydrogen) atoms. The highest BCUT2D eigenvalue weighted by Gasteiger charge is 2.32. The van der Waals surface area contributed by atoms with Crippen LogP contribution in [0.25, 0.3) is 89.2 Å². The molecule has 8 N–H and O–H groups in total. The summed E-state index contributed by atoms with van der Waals surface area (Å²) in [5.41, 5.74) is 15.7. The maximum atomic E-state index is 13.2. The predicted molar refractivity (Wildman–Crippen MR) is 531 cm³/mol. The number of piperidine rings is 2. The lowest BCUT2D eigenvalue weighted by Crippen LogP contribution is -2.51. The summed E-state index contributed by atoms with van der Waals surface area (Å²) in [5, 5.41) is 16.9. The summed E-state index contributed by atoms with van der Waals surface area (Å²) in [6.07, 6.45) is 27.0. The molecule has 33 nitrogen and oxygen atoms in total. The Balaban J connectivity index is 0.000000113. The minimum atomic E-state index is -0.00425. The fraction of sp³-hybridized carbons (Fsp3) is 0.260. The number of nitrogens with one attached hydrogen (secondary N) is 8. The van der Waals surface area contributed by atoms with Crippen LogP contribution in [-0.2, 0) is 4.74 Å². The SMILES string of the molecule is O=C(c1cc2cc(Nc3nccc(-c4ccccn4)n3)ccc2[nH]1)N1CCC(N2CCCCC2)CC1.O=C(c1cc2cc(Nc3nccc(-c4ccccn4)n3)ccc2[nH]1)N1CCN(C2CCCC2)CC1.O=C(c1cc2cc(Nc3nccc(-c4ccccn4)n3)ccc2[nH]1)N1CCN(c2ccccn2)CC1.O=C(c1cc2cc(Nc3nccc(-c4ccccn4)n3)ccc2[nH]1)N1CCOCC1. The first-order chi connectivity index (χ1) is 67.4. The molecule has 0 bridgehead atoms. The summed E-state index contributed by atoms with van der Waals surface area (Å²) in [6, 6.07) is 68.8. The molecule has 5 saturated heterocycles. The number of hydrogen-bond donors (Lipinski definition) is 8. The van der Waals surface area contributed by atoms with Crippen molar-refractivity contribution >= 4 is 120 Å². The molecular formula is C104H104N28O5. The lowest BCUT2D eigenvalue weighted by atomic mass is 10.00. The number of rotatable bonds is 19. The van der Waals surface area contributed by atoms with Crippen molar-refractivity contribution in [3.63, 3.8) is 0 Å². The van der Waals surface area contributed by atoms with Crippen molar-refractivity contribution in [3.8, 4) is 45.6 Å². The molecule has 0 spiro atoms. The third-order valence-corrected chi connectivity index (χ3v) is 25.7. The van der Waals surface area contributed by atoms with Crippen LogP contribution in [0, 0.1) is 0 Å². The van der Waals surface area contributed by atoms with E-state index in [1.165, 1.54) is 58.0 Å². The Morgan fingerprint density at radius 2 is 0.584 bits per heavy atom. The zero-order chi connectivity index (χ0) is 92.6. The fourth-order valence-corrected chi connectivity index (χ4v) is 18.5. The number of amides is 4. The van der Waals surface area contributed by atoms with Gasteiger partial charge in [-0.25, -0.2) is 44.9 Å². The van der Waals surface area contributed by atoms with Gasteiger partial charge < -0.3 is 75.3 Å². The van der Waals surface area contributed by atoms with Gasteiger partial charge in [0, 0.05) is 213 Å². The van der Waals surface area contributed by atoms with Gasteiger partial charge in [0.1, 0.15) is 28.6 Å². The molecule has 4 aromatic carbocycles. The molecule has 6 aliphatic rings. The van der Waals surface area contributed by atoms with E-state index in [1.54, 1.807) is 55.8 Å². The predicted octanol–water partition coefficient (Wildman–Crippen LogP) is 16.7. The number of hydrogen-bond acceptors (Lipinski definition) is 25. The van der Waals surface area contributed by atoms with Gasteiger partial charge in [0.25, 0.3) is 23.6 Å². The molecule has 690 valence electrons. The molecule has 0 unspecified atom stereocenters. The van der Waals surface area contributed by atoms with Crippen LogP contribution < -0.4 is 26.2 Å². The van der Waals surface area contributed by atoms with Crippen LogP contribution in [0.5, 0.6) is 0 Å². The number of fused-ring (bicyclic) bond motifs is 4. The molecule has 17 aromatic rings. The van der Waals surface area contributed by atoms with Gasteiger partial charge in [-0.05, 0) is 234 Å². The van der Waals surface area contributed by atoms with Gasteiger partial charge in [0.2, 0.25) is 23.8 Å². The van der Waals surface area contributed by atoms with Gasteiger partial charge in [-0.1, -0.05) is 49.6 Å². The quantitative estimate of drug-likeness (QED) is 0.0373. The number of ether oxygens (including phenoxy) is 1. The van der Waals surface area contributed by atoms with Gasteiger partial charge >= 0.3 is 0 Å². The van der Waals surface area contributed by atoms with Crippen LogP contribution >= 0.6 is 0 Å². The molecule has 23 rings (SSSR count). The third kappa shape index (κ3) is 21.7. The number of benzene rings is 4. The number of aromatic amines is 4. The first-order valence-corrected chi connectivity index (χ1v) is 46.9. The number of morpholine rings is 1. The summed E-state index contributed by atoms with van der Waals surface area (Å²) in [7, 11) is 0. The van der Waals surface area contributed by atoms with E-state index < -0.39 is 0 Å². The van der Waals surface area contributed by atoms with E-state index in [0.717, 1.165) is 189 Å². The third-order valence-electron chi connectivity index (χ3n) is 25.7. The summed E-state index contributed by atoms with van der Waals surface area (Å²) < 4.78 is 5.33. The standard InChI is InChI=1S/C28H31N7O.C27H24N8O.C27H29N7O.C22H20N6O2/c36-27(35-16-10-22(11-17-35)34-14-4-1-5-15-34)26-19-20-18-21(7-8-23(20)32-26)31-28-30-13-9-25(33-28)24-6-2-3-12-29-24;36-26(35-15-13-34(14-16-35)25-6-2-4-11-29-25)24-18-19-17-20(7-8-21(19)32-24)31-27-30-12-9-23(33-27)22-5-1-3-10-28-22;35-26(34-15-13-33(14-16-34)21-5-1-2-6-21)25-18-19-17-20(8-9-22(19)31-25)30-27-29-12-10-24(32-27)23-7-3-4-11-28-23;29-21(28-9-11-30-12-10-28)20-14-15-13-16(4-5-17(15)26-20)25-22-24-8-6-19(27-22)18-3-1-2-7-23-18/h2-3,6-9,12-13,18-19,22,32H,1,4-5,10-11,14-17H2,(H,30,31,33);1-12,17-18,32H,13-16H2,(H,30,31,33);3-4,7-12,17-18,21,31H,1-2,5-6,13-16H2,(H,29,30,32);1-8,13-14,26H,9-12H2,(H,24,25,27). The largest absolute Gasteiger partial charge is 0.378 e. The van der Waals surface area contributed by atoms with Crippen LogP contribution in [0.2, 0.25) is 0 Å². The number of pyridine rings is 5. The van der Waals surface area contributed by atoms with Gasteiger partial charge in [-0.2, -0.15) is 0 Å². The summed E-state index contributed by atoms with van der Waals surface area (Å²) in [4.78, 5) is 138. The first kappa shape index (κ1) is 88.8. The van der Waals surface area contributed by atoms with Crippen molar-refractivity contribution in [2.24, 2.45) is 0 Å². The van der Waals surface area contributed by atoms with Crippen LogP contribution in [0.4, 0.5) is 52.4 Å². The molecule has 6 fully saturated rings. The number of aromatic nitrogens is 17. The van der Waals surface area contributed by atoms with Gasteiger partial charge in [0.05, 0.1) is 58.8 Å². The highest BCUT2D eigenvalue weighted by atomic mass is 16.5. The Bertz CT molecular complexity index is 7010. The molecular weight excluding hydrogens is 1720 g/mol. The van der Waals surface area contributed by atoms with E-state index >= 15 is 0 Å². The normalized spacial score (nSPS) is 15.6. The Labute approximate surface area is 790 Å². The van der Waals surface area contributed by atoms with E-state index in [-0.39, 0.29) is 23.6 Å². The van der Waals surface area contributed by atoms with Gasteiger partial charge in [0.15, 0.2) is 0 Å². The molecule has 33 heteroatoms. The second-order valence-corrected chi connectivity index (χ2v) is 34.6. The minimum absolute atomic E-state index is 0.00425. The minimum Gasteiger partial charge on any atom is -0.378 e. The van der Waals surface area contributed by atoms with Gasteiger partial charge in [-0.3, -0.25) is 44.0 Å². The zero-order valence-corrected chi connectivity index (χ0v) is 75.7. The Hall–Kier alpha value is -16.1. The molecule has 5 aliphatic heterocycles. The lowest BCUT2D eigenvalue weighted by molar-refractivity contribution is 0.0299. The van der Waals surface area contributed by atoms with Crippen molar-refractivity contribution in [3.05, 3.63) is 291 Å². The fourth-order valence-electron chi connectivity index (χ4n) is 18.5. The summed E-state index contributed by atoms with van der Waals surface area (Å²) >= 11 is 0. The van der Waals surface area contributed by atoms with Gasteiger partial charge in [-0.15, -0.1) is 0 Å². The zero-order valence-electron chi connectivity index (χ0n) is 75.7. The van der Waals surface area contributed by atoms with E-state index in [2.05, 4.69) is 121 Å². The van der Waals surface area contributed by atoms with E-state index in [4.69, 9.17) is 4.74 Å². The van der Waals surface area contributed by atoms with Crippen LogP contribution in [0.1, 0.15) is 99.7 Å². The Morgan fingerprint density at radius 1 is 0.270 bits per heavy atom. The molecule has 1 aliphatic carbocycles. The topological polar surface area (TPSA) is 379 Å². The highest BCUT2D eigenvalue weighted by molar-refractivity contribution is 6.02. The second-order valence-electron chi connectivity index (χ2n) is 34.6. The monoisotopic (exact) mass is 1820 g/mol. The number of piperazine rings is 2. The van der Waals surface area contributed by atoms with Crippen LogP contribution in [0.15, 0.2) is 268 Å².